The Morgan fingerprint density at radius 1 is 1.28 bits per heavy atom. The Balaban J connectivity index is 1.80. The number of carbonyl (C=O) groups excluding carboxylic acids is 2. The lowest BCUT2D eigenvalue weighted by atomic mass is 9.77. The van der Waals surface area contributed by atoms with Gasteiger partial charge in [0, 0.05) is 30.1 Å². The maximum Gasteiger partial charge on any atom is 0.247 e. The van der Waals surface area contributed by atoms with E-state index in [2.05, 4.69) is 11.9 Å². The minimum absolute atomic E-state index is 0.0316. The second kappa shape index (κ2) is 11.5. The van der Waals surface area contributed by atoms with Crippen LogP contribution in [0.1, 0.15) is 55.6 Å². The maximum atomic E-state index is 13.4. The van der Waals surface area contributed by atoms with Gasteiger partial charge >= 0.3 is 0 Å². The van der Waals surface area contributed by atoms with Crippen molar-refractivity contribution in [2.75, 3.05) is 20.3 Å². The molecular formula is C27H36N2O7. The average molecular weight is 501 g/mol. The highest BCUT2D eigenvalue weighted by molar-refractivity contribution is 5.96. The first-order chi connectivity index (χ1) is 17.4. The van der Waals surface area contributed by atoms with Crippen molar-refractivity contribution in [1.29, 1.82) is 0 Å². The summed E-state index contributed by atoms with van der Waals surface area (Å²) in [5, 5.41) is 33.4. The summed E-state index contributed by atoms with van der Waals surface area (Å²) < 4.78 is 11.7. The van der Waals surface area contributed by atoms with Crippen molar-refractivity contribution in [2.45, 2.75) is 75.3 Å². The Bertz CT molecular complexity index is 1020. The fraction of sp³-hybridized carbons (Fsp3) is 0.556. The molecule has 4 N–H and O–H groups in total. The number of ether oxygens (including phenoxy) is 2. The number of benzene rings is 1. The highest BCUT2D eigenvalue weighted by Gasteiger charge is 2.52. The molecule has 3 aliphatic rings. The molecule has 1 aromatic carbocycles. The molecule has 1 saturated carbocycles. The number of methoxy groups -OCH3 is 1. The van der Waals surface area contributed by atoms with E-state index in [1.807, 2.05) is 0 Å². The molecule has 4 unspecified atom stereocenters. The molecule has 0 saturated heterocycles. The summed E-state index contributed by atoms with van der Waals surface area (Å²) in [4.78, 5) is 28.5. The van der Waals surface area contributed by atoms with Crippen LogP contribution in [0.5, 0.6) is 11.5 Å². The standard InChI is InChI=1S/C27H36N2O7/c1-3-4-9-22(32)29(17-7-5-6-8-17)20-14-19(27(34)28-10-11-30)23-18-12-16(15-31)13-21(35-2)25(18)36-26(23)24(20)33/h3,12-14,17,20,23-24,26,30-31,33H,1,4-11,15H2,2H3,(H,28,34). The summed E-state index contributed by atoms with van der Waals surface area (Å²) in [6.45, 7) is 3.34. The molecule has 36 heavy (non-hydrogen) atoms. The van der Waals surface area contributed by atoms with Crippen LogP contribution in [0.4, 0.5) is 0 Å². The Hall–Kier alpha value is -2.88. The number of rotatable bonds is 10. The SMILES string of the molecule is C=CCCC(=O)N(C1CCCC1)C1C=C(C(=O)NCCO)C2c3cc(CO)cc(OC)c3OC2C1O. The van der Waals surface area contributed by atoms with Crippen molar-refractivity contribution in [2.24, 2.45) is 0 Å². The molecule has 196 valence electrons. The van der Waals surface area contributed by atoms with Crippen LogP contribution in [0.15, 0.2) is 36.4 Å². The zero-order valence-electron chi connectivity index (χ0n) is 20.7. The van der Waals surface area contributed by atoms with Crippen LogP contribution in [0.25, 0.3) is 0 Å². The highest BCUT2D eigenvalue weighted by Crippen LogP contribution is 2.51. The number of aliphatic hydroxyl groups is 3. The second-order valence-electron chi connectivity index (χ2n) is 9.58. The molecule has 4 atom stereocenters. The molecule has 0 aromatic heterocycles. The van der Waals surface area contributed by atoms with Crippen LogP contribution < -0.4 is 14.8 Å². The first-order valence-electron chi connectivity index (χ1n) is 12.6. The molecule has 9 nitrogen and oxygen atoms in total. The number of carbonyl (C=O) groups is 2. The van der Waals surface area contributed by atoms with Gasteiger partial charge in [0.1, 0.15) is 12.2 Å². The number of amides is 2. The van der Waals surface area contributed by atoms with E-state index in [0.29, 0.717) is 34.6 Å². The molecule has 1 aliphatic heterocycles. The van der Waals surface area contributed by atoms with E-state index in [9.17, 15) is 24.9 Å². The lowest BCUT2D eigenvalue weighted by Crippen LogP contribution is -2.58. The van der Waals surface area contributed by atoms with Crippen LogP contribution in [0, 0.1) is 0 Å². The van der Waals surface area contributed by atoms with E-state index < -0.39 is 30.1 Å². The summed E-state index contributed by atoms with van der Waals surface area (Å²) in [5.41, 5.74) is 1.59. The monoisotopic (exact) mass is 500 g/mol. The number of allylic oxidation sites excluding steroid dienone is 1. The van der Waals surface area contributed by atoms with Crippen molar-refractivity contribution in [3.8, 4) is 11.5 Å². The minimum atomic E-state index is -1.09. The Kier molecular flexibility index (Phi) is 8.33. The van der Waals surface area contributed by atoms with Gasteiger partial charge in [-0.05, 0) is 43.0 Å². The van der Waals surface area contributed by atoms with Gasteiger partial charge < -0.3 is 35.0 Å². The van der Waals surface area contributed by atoms with E-state index in [-0.39, 0.29) is 38.1 Å². The molecule has 2 aliphatic carbocycles. The minimum Gasteiger partial charge on any atom is -0.493 e. The molecule has 0 bridgehead atoms. The molecule has 0 spiro atoms. The van der Waals surface area contributed by atoms with Gasteiger partial charge in [-0.15, -0.1) is 6.58 Å². The van der Waals surface area contributed by atoms with Crippen LogP contribution in [0.3, 0.4) is 0 Å². The van der Waals surface area contributed by atoms with Gasteiger partial charge in [-0.2, -0.15) is 0 Å². The third-order valence-electron chi connectivity index (χ3n) is 7.38. The van der Waals surface area contributed by atoms with E-state index in [1.54, 1.807) is 29.2 Å². The van der Waals surface area contributed by atoms with Crippen molar-refractivity contribution in [3.63, 3.8) is 0 Å². The lowest BCUT2D eigenvalue weighted by molar-refractivity contribution is -0.140. The van der Waals surface area contributed by atoms with Crippen LogP contribution in [-0.4, -0.2) is 76.6 Å². The number of nitrogens with one attached hydrogen (secondary N) is 1. The van der Waals surface area contributed by atoms with Crippen LogP contribution in [0.2, 0.25) is 0 Å². The van der Waals surface area contributed by atoms with Crippen molar-refractivity contribution >= 4 is 11.8 Å². The fourth-order valence-corrected chi connectivity index (χ4v) is 5.74. The number of fused-ring (bicyclic) bond motifs is 3. The molecular weight excluding hydrogens is 464 g/mol. The normalized spacial score (nSPS) is 24.8. The first-order valence-corrected chi connectivity index (χ1v) is 12.6. The summed E-state index contributed by atoms with van der Waals surface area (Å²) in [6, 6.07) is 2.64. The first kappa shape index (κ1) is 26.2. The van der Waals surface area contributed by atoms with E-state index >= 15 is 0 Å². The summed E-state index contributed by atoms with van der Waals surface area (Å²) in [6.07, 6.45) is 5.94. The second-order valence-corrected chi connectivity index (χ2v) is 9.58. The summed E-state index contributed by atoms with van der Waals surface area (Å²) in [7, 11) is 1.49. The van der Waals surface area contributed by atoms with Crippen molar-refractivity contribution < 1.29 is 34.4 Å². The third-order valence-corrected chi connectivity index (χ3v) is 7.38. The predicted octanol–water partition coefficient (Wildman–Crippen LogP) is 1.55. The van der Waals surface area contributed by atoms with Gasteiger partial charge in [0.15, 0.2) is 11.5 Å². The lowest BCUT2D eigenvalue weighted by Gasteiger charge is -2.43. The molecule has 1 heterocycles. The molecule has 4 rings (SSSR count). The smallest absolute Gasteiger partial charge is 0.247 e. The van der Waals surface area contributed by atoms with Gasteiger partial charge in [-0.25, -0.2) is 0 Å². The number of hydrogen-bond donors (Lipinski definition) is 4. The zero-order valence-corrected chi connectivity index (χ0v) is 20.7. The van der Waals surface area contributed by atoms with Gasteiger partial charge in [0.2, 0.25) is 11.8 Å². The number of aliphatic hydroxyl groups excluding tert-OH is 3. The Morgan fingerprint density at radius 3 is 2.67 bits per heavy atom. The molecule has 1 fully saturated rings. The van der Waals surface area contributed by atoms with Crippen LogP contribution in [-0.2, 0) is 16.2 Å². The van der Waals surface area contributed by atoms with Gasteiger partial charge in [0.05, 0.1) is 32.3 Å². The van der Waals surface area contributed by atoms with E-state index in [4.69, 9.17) is 9.47 Å². The van der Waals surface area contributed by atoms with Crippen LogP contribution >= 0.6 is 0 Å². The topological polar surface area (TPSA) is 129 Å². The van der Waals surface area contributed by atoms with Crippen molar-refractivity contribution in [1.82, 2.24) is 10.2 Å². The van der Waals surface area contributed by atoms with Crippen molar-refractivity contribution in [3.05, 3.63) is 47.6 Å². The van der Waals surface area contributed by atoms with E-state index in [0.717, 1.165) is 25.7 Å². The quantitative estimate of drug-likeness (QED) is 0.359. The summed E-state index contributed by atoms with van der Waals surface area (Å²) >= 11 is 0. The average Bonchev–Trinajstić information content (AvgIpc) is 3.55. The highest BCUT2D eigenvalue weighted by atomic mass is 16.5. The maximum absolute atomic E-state index is 13.4. The molecule has 2 amide bonds. The van der Waals surface area contributed by atoms with E-state index in [1.165, 1.54) is 7.11 Å². The number of nitrogens with zero attached hydrogens (tertiary/aromatic N) is 1. The van der Waals surface area contributed by atoms with Gasteiger partial charge in [-0.1, -0.05) is 18.9 Å². The van der Waals surface area contributed by atoms with Gasteiger partial charge in [-0.3, -0.25) is 9.59 Å². The predicted molar refractivity (Wildman–Crippen MR) is 133 cm³/mol. The largest absolute Gasteiger partial charge is 0.493 e. The summed E-state index contributed by atoms with van der Waals surface area (Å²) in [5.74, 6) is -0.300. The fourth-order valence-electron chi connectivity index (χ4n) is 5.74. The Morgan fingerprint density at radius 2 is 2.03 bits per heavy atom. The zero-order chi connectivity index (χ0) is 25.8. The number of hydrogen-bond acceptors (Lipinski definition) is 7. The molecule has 9 heteroatoms. The molecule has 1 aromatic rings. The van der Waals surface area contributed by atoms with Gasteiger partial charge in [0.25, 0.3) is 0 Å². The third kappa shape index (κ3) is 4.87. The Labute approximate surface area is 211 Å². The molecule has 0 radical (unpaired) electrons.